The lowest BCUT2D eigenvalue weighted by atomic mass is 9.82. The smallest absolute Gasteiger partial charge is 0.333 e. The largest absolute Gasteiger partial charge is 0.463 e. The van der Waals surface area contributed by atoms with Crippen LogP contribution in [0.3, 0.4) is 0 Å². The number of ether oxygens (including phenoxy) is 16. The second kappa shape index (κ2) is 48.3. The van der Waals surface area contributed by atoms with Crippen LogP contribution in [0.5, 0.6) is 0 Å². The summed E-state index contributed by atoms with van der Waals surface area (Å²) < 4.78 is 85.3. The Morgan fingerprint density at radius 2 is 0.386 bits per heavy atom. The number of nitrogens with zero attached hydrogens (tertiary/aromatic N) is 2. The molecular formula is C90H90Br4N2O36. The molecule has 38 nitrogen and oxygen atoms in total. The van der Waals surface area contributed by atoms with Crippen LogP contribution in [0.4, 0.5) is 0 Å². The number of rotatable bonds is 50. The number of imide groups is 2. The number of amides is 4. The first-order valence-corrected chi connectivity index (χ1v) is 43.0. The van der Waals surface area contributed by atoms with Gasteiger partial charge in [-0.1, -0.05) is 116 Å². The molecule has 0 spiro atoms. The van der Waals surface area contributed by atoms with Gasteiger partial charge < -0.3 is 75.8 Å². The molecular weight excluding hydrogens is 2000 g/mol. The van der Waals surface area contributed by atoms with Crippen molar-refractivity contribution >= 4 is 226 Å². The Hall–Kier alpha value is -13.0. The Balaban J connectivity index is 1.24. The summed E-state index contributed by atoms with van der Waals surface area (Å²) in [5.74, 6) is -20.4. The van der Waals surface area contributed by atoms with Crippen molar-refractivity contribution in [1.29, 1.82) is 0 Å². The molecule has 0 aliphatic carbocycles. The first kappa shape index (κ1) is 106. The molecule has 5 aromatic rings. The number of carbonyl (C=O) groups excluding carboxylic acids is 20. The van der Waals surface area contributed by atoms with Crippen molar-refractivity contribution in [3.8, 4) is 0 Å². The minimum absolute atomic E-state index is 0.0169. The van der Waals surface area contributed by atoms with E-state index in [0.717, 1.165) is 0 Å². The number of carbonyl (C=O) groups is 20. The summed E-state index contributed by atoms with van der Waals surface area (Å²) in [4.78, 5) is 270. The number of hydrogen-bond acceptors (Lipinski definition) is 36. The van der Waals surface area contributed by atoms with Crippen molar-refractivity contribution in [3.05, 3.63) is 162 Å². The first-order chi connectivity index (χ1) is 62.0. The number of hydrogen-bond donors (Lipinski definition) is 0. The maximum atomic E-state index is 15.6. The molecule has 0 atom stereocenters. The highest BCUT2D eigenvalue weighted by atomic mass is 79.9. The van der Waals surface area contributed by atoms with Crippen molar-refractivity contribution in [2.75, 3.05) is 79.3 Å². The quantitative estimate of drug-likeness (QED) is 0.00871. The van der Waals surface area contributed by atoms with Gasteiger partial charge in [-0.05, 0) is 79.7 Å². The summed E-state index contributed by atoms with van der Waals surface area (Å²) >= 11 is 14.7. The Bertz CT molecular complexity index is 4910. The maximum Gasteiger partial charge on any atom is 0.333 e. The van der Waals surface area contributed by atoms with E-state index in [4.69, 9.17) is 75.8 Å². The second-order valence-electron chi connectivity index (χ2n) is 30.1. The van der Waals surface area contributed by atoms with Gasteiger partial charge in [0.1, 0.15) is 91.4 Å². The van der Waals surface area contributed by atoms with Gasteiger partial charge in [-0.3, -0.25) is 67.3 Å². The fraction of sp³-hybridized carbons (Fsp3) is 0.378. The van der Waals surface area contributed by atoms with Crippen LogP contribution < -0.4 is 0 Å². The van der Waals surface area contributed by atoms with Gasteiger partial charge in [-0.15, -0.1) is 0 Å². The lowest BCUT2D eigenvalue weighted by molar-refractivity contribution is -0.165. The molecule has 0 saturated heterocycles. The molecule has 2 heterocycles. The van der Waals surface area contributed by atoms with Crippen molar-refractivity contribution < 1.29 is 172 Å². The molecule has 4 amide bonds. The monoisotopic (exact) mass is 2090 g/mol. The highest BCUT2D eigenvalue weighted by Gasteiger charge is 2.45. The van der Waals surface area contributed by atoms with E-state index in [1.165, 1.54) is 79.7 Å². The van der Waals surface area contributed by atoms with E-state index < -0.39 is 286 Å². The van der Waals surface area contributed by atoms with E-state index in [2.05, 4.69) is 116 Å². The topological polar surface area (TPSA) is 496 Å². The Morgan fingerprint density at radius 3 is 0.538 bits per heavy atom. The number of fused-ring (bicyclic) bond motifs is 2. The van der Waals surface area contributed by atoms with Crippen LogP contribution in [0.15, 0.2) is 139 Å². The van der Waals surface area contributed by atoms with E-state index in [0.29, 0.717) is 9.80 Å². The van der Waals surface area contributed by atoms with Gasteiger partial charge in [0.25, 0.3) is 23.6 Å². The molecule has 0 saturated carbocycles. The van der Waals surface area contributed by atoms with E-state index in [9.17, 15) is 76.7 Å². The van der Waals surface area contributed by atoms with Gasteiger partial charge in [-0.25, -0.2) is 38.4 Å². The summed E-state index contributed by atoms with van der Waals surface area (Å²) in [7, 11) is 0. The zero-order chi connectivity index (χ0) is 98.3. The average molecular weight is 2100 g/mol. The molecule has 0 radical (unpaired) electrons. The molecule has 704 valence electrons. The zero-order valence-corrected chi connectivity index (χ0v) is 79.0. The molecule has 0 aromatic heterocycles. The number of halogens is 4. The van der Waals surface area contributed by atoms with Gasteiger partial charge in [0, 0.05) is 128 Å². The molecule has 0 N–H and O–H groups in total. The van der Waals surface area contributed by atoms with Crippen molar-refractivity contribution in [2.45, 2.75) is 143 Å². The average Bonchev–Trinajstić information content (AvgIpc) is 0.673. The van der Waals surface area contributed by atoms with Crippen LogP contribution in [0, 0.1) is 0 Å². The molecule has 2 aliphatic rings. The summed E-state index contributed by atoms with van der Waals surface area (Å²) in [6.45, 7) is 29.8. The van der Waals surface area contributed by atoms with Crippen molar-refractivity contribution in [2.24, 2.45) is 0 Å². The van der Waals surface area contributed by atoms with Crippen molar-refractivity contribution in [3.63, 3.8) is 0 Å². The molecule has 0 bridgehead atoms. The summed E-state index contributed by atoms with van der Waals surface area (Å²) in [6, 6.07) is 1.89. The Labute approximate surface area is 786 Å². The fourth-order valence-corrected chi connectivity index (χ4v) is 14.7. The third-order valence-electron chi connectivity index (χ3n) is 18.7. The summed E-state index contributed by atoms with van der Waals surface area (Å²) in [5.41, 5.74) is -0.945. The maximum absolute atomic E-state index is 15.6. The van der Waals surface area contributed by atoms with Gasteiger partial charge >= 0.3 is 95.5 Å². The highest BCUT2D eigenvalue weighted by molar-refractivity contribution is 9.11. The van der Waals surface area contributed by atoms with E-state index in [1.807, 2.05) is 0 Å². The molecule has 5 aromatic carbocycles. The van der Waals surface area contributed by atoms with Crippen LogP contribution >= 0.6 is 63.7 Å². The van der Waals surface area contributed by atoms with Gasteiger partial charge in [0.05, 0.1) is 51.4 Å². The SMILES string of the molecule is C=C(C)C(=O)OCC(COC(=O)C(=C)C)OC(=O)CCC(=O)OCC(COC(=O)CCC(=O)OC(COC(=O)C(=C)C)COC(=O)C(=C)C)N1C(=O)c2cc(Br)c3c4c(Br)cc5c6c(cc(Br)c(c7c(Br)cc(c2c37)C1=O)c64)C(=O)N(C(COC(=O)CCC(=O)OC(COC(=O)C(=C)C)COC(=O)C(=C)C)COC(=O)CCC(=O)OC(COC(=O)C(=C)C)COC(=O)C(=C)C)C5=O. The second-order valence-corrected chi connectivity index (χ2v) is 33.5. The van der Waals surface area contributed by atoms with Crippen LogP contribution in [-0.2, 0) is 153 Å². The fourth-order valence-electron chi connectivity index (χ4n) is 12.2. The Morgan fingerprint density at radius 1 is 0.235 bits per heavy atom. The molecule has 42 heteroatoms. The highest BCUT2D eigenvalue weighted by Crippen LogP contribution is 2.54. The van der Waals surface area contributed by atoms with E-state index in [-0.39, 0.29) is 128 Å². The Kier molecular flexibility index (Phi) is 38.8. The predicted molar refractivity (Wildman–Crippen MR) is 474 cm³/mol. The minimum Gasteiger partial charge on any atom is -0.463 e. The molecule has 7 rings (SSSR count). The number of benzene rings is 5. The van der Waals surface area contributed by atoms with E-state index in [1.54, 1.807) is 0 Å². The summed E-state index contributed by atoms with van der Waals surface area (Å²) in [5, 5.41) is 1.51. The lowest BCUT2D eigenvalue weighted by Crippen LogP contribution is -2.51. The third-order valence-corrected chi connectivity index (χ3v) is 21.2. The van der Waals surface area contributed by atoms with Crippen LogP contribution in [0.25, 0.3) is 43.1 Å². The standard InChI is InChI=1S/C90H90Br4N2O36/c1-41(2)83(109)121-33-51(34-122-84(110)42(3)4)129-67(101)21-17-63(97)117-29-49(30-118-64(98)18-22-68(102)130-52(35-123-85(111)43(5)6)36-124-86(112)44(7)8)95-79(105)55-25-59(91)73-75-61(93)27-57-72-58(28-62(94)76(78(72)75)74-60(92)26-56(80(95)106)71(55)77(73)74)82(108)96(81(57)107)50(31-119-65(99)19-23-69(103)131-53(37-125-87(113)45(9)10)38-126-88(114)46(11)12)32-120-66(100)20-24-70(104)132-54(39-127-89(115)47(13)14)40-128-90(116)48(15)16/h25-28,49-54H,1,3,5,7,9,11,13,15,17-24,29-40H2,2,4,6,8,10,12,14,16H3. The van der Waals surface area contributed by atoms with Crippen LogP contribution in [0.2, 0.25) is 0 Å². The molecule has 2 aliphatic heterocycles. The predicted octanol–water partition coefficient (Wildman–Crippen LogP) is 10.6. The van der Waals surface area contributed by atoms with E-state index >= 15 is 19.2 Å². The number of esters is 16. The molecule has 132 heavy (non-hydrogen) atoms. The normalized spacial score (nSPS) is 12.0. The van der Waals surface area contributed by atoms with Crippen LogP contribution in [-0.4, -0.2) is 245 Å². The molecule has 0 fully saturated rings. The first-order valence-electron chi connectivity index (χ1n) is 39.8. The third kappa shape index (κ3) is 28.5. The van der Waals surface area contributed by atoms with Crippen LogP contribution in [0.1, 0.15) is 148 Å². The van der Waals surface area contributed by atoms with Gasteiger partial charge in [-0.2, -0.15) is 0 Å². The zero-order valence-electron chi connectivity index (χ0n) is 72.7. The summed E-state index contributed by atoms with van der Waals surface area (Å²) in [6.07, 6.45) is -11.6. The molecule has 0 unspecified atom stereocenters. The van der Waals surface area contributed by atoms with Gasteiger partial charge in [0.2, 0.25) is 0 Å². The lowest BCUT2D eigenvalue weighted by Gasteiger charge is -2.35. The minimum atomic E-state index is -1.75. The van der Waals surface area contributed by atoms with Crippen molar-refractivity contribution in [1.82, 2.24) is 9.80 Å². The van der Waals surface area contributed by atoms with Gasteiger partial charge in [0.15, 0.2) is 24.4 Å².